The number of hydrogen-bond acceptors (Lipinski definition) is 6. The molecule has 0 fully saturated rings. The van der Waals surface area contributed by atoms with Gasteiger partial charge in [-0.1, -0.05) is 206 Å². The fourth-order valence-corrected chi connectivity index (χ4v) is 6.54. The maximum atomic E-state index is 12.8. The van der Waals surface area contributed by atoms with Gasteiger partial charge in [0.25, 0.3) is 0 Å². The quantitative estimate of drug-likeness (QED) is 0.0262. The van der Waals surface area contributed by atoms with Gasteiger partial charge in [0.05, 0.1) is 0 Å². The van der Waals surface area contributed by atoms with E-state index >= 15 is 0 Å². The lowest BCUT2D eigenvalue weighted by atomic mass is 10.1. The minimum absolute atomic E-state index is 0.148. The summed E-state index contributed by atoms with van der Waals surface area (Å²) in [7, 11) is 0. The second-order valence-electron chi connectivity index (χ2n) is 16.7. The molecule has 6 nitrogen and oxygen atoms in total. The Labute approximate surface area is 399 Å². The maximum Gasteiger partial charge on any atom is 0.306 e. The van der Waals surface area contributed by atoms with E-state index in [0.29, 0.717) is 19.3 Å². The van der Waals surface area contributed by atoms with Crippen molar-refractivity contribution >= 4 is 17.9 Å². The summed E-state index contributed by atoms with van der Waals surface area (Å²) in [6.07, 6.45) is 72.1. The van der Waals surface area contributed by atoms with E-state index in [2.05, 4.69) is 136 Å². The van der Waals surface area contributed by atoms with Gasteiger partial charge in [0.2, 0.25) is 0 Å². The van der Waals surface area contributed by atoms with Crippen LogP contribution in [0.4, 0.5) is 0 Å². The predicted molar refractivity (Wildman–Crippen MR) is 279 cm³/mol. The molecule has 0 aromatic rings. The summed E-state index contributed by atoms with van der Waals surface area (Å²) in [5, 5.41) is 0. The van der Waals surface area contributed by atoms with Crippen LogP contribution in [0.1, 0.15) is 213 Å². The fraction of sp³-hybridized carbons (Fsp3) is 0.610. The van der Waals surface area contributed by atoms with Crippen molar-refractivity contribution in [3.05, 3.63) is 122 Å². The zero-order valence-electron chi connectivity index (χ0n) is 41.7. The highest BCUT2D eigenvalue weighted by Crippen LogP contribution is 2.10. The molecule has 0 heterocycles. The van der Waals surface area contributed by atoms with Crippen LogP contribution in [-0.4, -0.2) is 37.2 Å². The van der Waals surface area contributed by atoms with Gasteiger partial charge in [-0.25, -0.2) is 0 Å². The van der Waals surface area contributed by atoms with Gasteiger partial charge in [-0.15, -0.1) is 0 Å². The van der Waals surface area contributed by atoms with Crippen LogP contribution in [0, 0.1) is 0 Å². The second-order valence-corrected chi connectivity index (χ2v) is 16.7. The number of allylic oxidation sites excluding steroid dienone is 20. The Bertz CT molecular complexity index is 1400. The normalized spacial score (nSPS) is 13.1. The molecule has 0 N–H and O–H groups in total. The minimum Gasteiger partial charge on any atom is -0.462 e. The van der Waals surface area contributed by atoms with Gasteiger partial charge >= 0.3 is 17.9 Å². The maximum absolute atomic E-state index is 12.8. The molecule has 0 aliphatic carbocycles. The smallest absolute Gasteiger partial charge is 0.306 e. The highest BCUT2D eigenvalue weighted by Gasteiger charge is 2.19. The third-order valence-corrected chi connectivity index (χ3v) is 10.4. The first kappa shape index (κ1) is 60.8. The summed E-state index contributed by atoms with van der Waals surface area (Å²) < 4.78 is 16.6. The SMILES string of the molecule is CC/C=C\C/C=C\C/C=C\C/C=C\C/C=C\CCCC(=O)OCC(COC(=O)CC/C=C\C/C=C\CCCCCCCC)OC(=O)CCC/C=C\C/C=C\C/C=C\CCCCCCCC. The van der Waals surface area contributed by atoms with Gasteiger partial charge in [0.15, 0.2) is 6.10 Å². The number of rotatable bonds is 45. The van der Waals surface area contributed by atoms with Crippen LogP contribution in [-0.2, 0) is 28.6 Å². The Morgan fingerprint density at radius 1 is 0.323 bits per heavy atom. The summed E-state index contributed by atoms with van der Waals surface area (Å²) in [6, 6.07) is 0. The third-order valence-electron chi connectivity index (χ3n) is 10.4. The van der Waals surface area contributed by atoms with Crippen LogP contribution in [0.5, 0.6) is 0 Å². The van der Waals surface area contributed by atoms with Gasteiger partial charge in [-0.3, -0.25) is 14.4 Å². The van der Waals surface area contributed by atoms with Crippen molar-refractivity contribution in [1.29, 1.82) is 0 Å². The van der Waals surface area contributed by atoms with E-state index in [9.17, 15) is 14.4 Å². The molecule has 366 valence electrons. The van der Waals surface area contributed by atoms with E-state index in [1.54, 1.807) is 0 Å². The Morgan fingerprint density at radius 3 is 1.03 bits per heavy atom. The molecule has 0 aromatic carbocycles. The number of carbonyl (C=O) groups excluding carboxylic acids is 3. The number of hydrogen-bond donors (Lipinski definition) is 0. The molecular weight excluding hydrogens is 805 g/mol. The standard InChI is InChI=1S/C59H94O6/c1-4-7-10-13-16-19-22-25-27-29-31-34-37-40-43-46-49-52-58(61)64-55-56(54-63-57(60)51-48-45-42-39-36-33-24-21-18-15-12-9-6-3)65-59(62)53-50-47-44-41-38-35-32-30-28-26-23-20-17-14-11-8-5-2/h7,10,16,19,25-28,31-36,40-45,56H,4-6,8-9,11-15,17-18,20-24,29-30,37-39,46-55H2,1-3H3/b10-7-,19-16-,27-25-,28-26-,34-31-,35-32-,36-33-,43-40-,44-41-,45-42-. The highest BCUT2D eigenvalue weighted by atomic mass is 16.6. The lowest BCUT2D eigenvalue weighted by Crippen LogP contribution is -2.30. The summed E-state index contributed by atoms with van der Waals surface area (Å²) in [5.41, 5.74) is 0. The first-order valence-corrected chi connectivity index (χ1v) is 26.0. The molecule has 0 radical (unpaired) electrons. The number of esters is 3. The van der Waals surface area contributed by atoms with Crippen molar-refractivity contribution < 1.29 is 28.6 Å². The van der Waals surface area contributed by atoms with Crippen LogP contribution >= 0.6 is 0 Å². The lowest BCUT2D eigenvalue weighted by molar-refractivity contribution is -0.166. The molecule has 0 amide bonds. The number of carbonyl (C=O) groups is 3. The third kappa shape index (κ3) is 50.7. The van der Waals surface area contributed by atoms with Crippen molar-refractivity contribution in [3.8, 4) is 0 Å². The molecule has 1 atom stereocenters. The van der Waals surface area contributed by atoms with Crippen LogP contribution in [0.2, 0.25) is 0 Å². The van der Waals surface area contributed by atoms with E-state index in [1.807, 2.05) is 6.08 Å². The van der Waals surface area contributed by atoms with E-state index < -0.39 is 12.1 Å². The van der Waals surface area contributed by atoms with E-state index in [-0.39, 0.29) is 44.4 Å². The molecule has 0 rings (SSSR count). The summed E-state index contributed by atoms with van der Waals surface area (Å²) in [4.78, 5) is 37.9. The zero-order chi connectivity index (χ0) is 47.2. The van der Waals surface area contributed by atoms with Gasteiger partial charge in [-0.2, -0.15) is 0 Å². The van der Waals surface area contributed by atoms with Crippen molar-refractivity contribution in [2.75, 3.05) is 13.2 Å². The van der Waals surface area contributed by atoms with Crippen LogP contribution in [0.15, 0.2) is 122 Å². The van der Waals surface area contributed by atoms with Crippen LogP contribution in [0.3, 0.4) is 0 Å². The monoisotopic (exact) mass is 899 g/mol. The number of ether oxygens (including phenoxy) is 3. The predicted octanol–water partition coefficient (Wildman–Crippen LogP) is 17.3. The molecule has 0 spiro atoms. The molecule has 65 heavy (non-hydrogen) atoms. The van der Waals surface area contributed by atoms with Crippen molar-refractivity contribution in [3.63, 3.8) is 0 Å². The molecule has 0 saturated carbocycles. The van der Waals surface area contributed by atoms with E-state index in [0.717, 1.165) is 70.6 Å². The summed E-state index contributed by atoms with van der Waals surface area (Å²) in [6.45, 7) is 6.34. The number of unbranched alkanes of at least 4 members (excludes halogenated alkanes) is 14. The van der Waals surface area contributed by atoms with Crippen molar-refractivity contribution in [2.45, 2.75) is 219 Å². The van der Waals surface area contributed by atoms with Gasteiger partial charge in [0.1, 0.15) is 13.2 Å². The highest BCUT2D eigenvalue weighted by molar-refractivity contribution is 5.71. The molecule has 0 aliphatic heterocycles. The average molecular weight is 899 g/mol. The molecule has 0 saturated heterocycles. The van der Waals surface area contributed by atoms with Crippen LogP contribution < -0.4 is 0 Å². The Kier molecular flexibility index (Phi) is 49.1. The largest absolute Gasteiger partial charge is 0.462 e. The van der Waals surface area contributed by atoms with Crippen molar-refractivity contribution in [1.82, 2.24) is 0 Å². The van der Waals surface area contributed by atoms with E-state index in [1.165, 1.54) is 83.5 Å². The topological polar surface area (TPSA) is 78.9 Å². The lowest BCUT2D eigenvalue weighted by Gasteiger charge is -2.18. The molecule has 6 heteroatoms. The first-order valence-electron chi connectivity index (χ1n) is 26.0. The average Bonchev–Trinajstić information content (AvgIpc) is 3.30. The Morgan fingerprint density at radius 2 is 0.631 bits per heavy atom. The van der Waals surface area contributed by atoms with Crippen molar-refractivity contribution in [2.24, 2.45) is 0 Å². The Hall–Kier alpha value is -4.19. The fourth-order valence-electron chi connectivity index (χ4n) is 6.54. The van der Waals surface area contributed by atoms with E-state index in [4.69, 9.17) is 14.2 Å². The second kappa shape index (κ2) is 52.4. The summed E-state index contributed by atoms with van der Waals surface area (Å²) >= 11 is 0. The van der Waals surface area contributed by atoms with Gasteiger partial charge in [-0.05, 0) is 109 Å². The molecular formula is C59H94O6. The molecule has 0 aliphatic rings. The van der Waals surface area contributed by atoms with Gasteiger partial charge < -0.3 is 14.2 Å². The summed E-state index contributed by atoms with van der Waals surface area (Å²) in [5.74, 6) is -1.13. The first-order chi connectivity index (χ1) is 32.0. The Balaban J connectivity index is 4.64. The zero-order valence-corrected chi connectivity index (χ0v) is 41.7. The van der Waals surface area contributed by atoms with Crippen LogP contribution in [0.25, 0.3) is 0 Å². The molecule has 1 unspecified atom stereocenters. The molecule has 0 bridgehead atoms. The minimum atomic E-state index is -0.853. The van der Waals surface area contributed by atoms with Gasteiger partial charge in [0, 0.05) is 19.3 Å². The molecule has 0 aromatic heterocycles.